The van der Waals surface area contributed by atoms with Gasteiger partial charge < -0.3 is 10.6 Å². The van der Waals surface area contributed by atoms with Gasteiger partial charge in [-0.3, -0.25) is 0 Å². The second-order valence-corrected chi connectivity index (χ2v) is 5.98. The summed E-state index contributed by atoms with van der Waals surface area (Å²) in [6.07, 6.45) is 5.33. The third kappa shape index (κ3) is 4.28. The maximum Gasteiger partial charge on any atom is 0.166 e. The molecule has 0 aliphatic heterocycles. The highest BCUT2D eigenvalue weighted by Crippen LogP contribution is 2.30. The van der Waals surface area contributed by atoms with Crippen molar-refractivity contribution in [2.75, 3.05) is 0 Å². The molecular formula is C13H26N2S. The van der Waals surface area contributed by atoms with Gasteiger partial charge >= 0.3 is 0 Å². The lowest BCUT2D eigenvalue weighted by Gasteiger charge is -2.35. The molecule has 1 aliphatic rings. The van der Waals surface area contributed by atoms with Crippen LogP contribution in [0.15, 0.2) is 0 Å². The van der Waals surface area contributed by atoms with Crippen LogP contribution in [-0.4, -0.2) is 17.2 Å². The number of rotatable bonds is 3. The van der Waals surface area contributed by atoms with Gasteiger partial charge in [0, 0.05) is 12.1 Å². The molecule has 0 amide bonds. The molecule has 0 aromatic carbocycles. The summed E-state index contributed by atoms with van der Waals surface area (Å²) < 4.78 is 0. The minimum absolute atomic E-state index is 0.418. The van der Waals surface area contributed by atoms with E-state index >= 15 is 0 Å². The van der Waals surface area contributed by atoms with Crippen molar-refractivity contribution in [1.29, 1.82) is 0 Å². The molecule has 1 aliphatic carbocycles. The van der Waals surface area contributed by atoms with Gasteiger partial charge in [0.15, 0.2) is 5.11 Å². The van der Waals surface area contributed by atoms with Crippen LogP contribution in [0.25, 0.3) is 0 Å². The van der Waals surface area contributed by atoms with Crippen molar-refractivity contribution in [3.8, 4) is 0 Å². The smallest absolute Gasteiger partial charge is 0.166 e. The minimum Gasteiger partial charge on any atom is -0.361 e. The van der Waals surface area contributed by atoms with Gasteiger partial charge in [-0.05, 0) is 50.7 Å². The molecule has 1 saturated carbocycles. The average Bonchev–Trinajstić information content (AvgIpc) is 2.16. The third-order valence-corrected chi connectivity index (χ3v) is 3.65. The van der Waals surface area contributed by atoms with E-state index in [1.54, 1.807) is 0 Å². The fourth-order valence-electron chi connectivity index (χ4n) is 2.61. The molecule has 0 saturated heterocycles. The molecule has 3 heteroatoms. The Bertz CT molecular complexity index is 226. The third-order valence-electron chi connectivity index (χ3n) is 3.41. The second-order valence-electron chi connectivity index (χ2n) is 5.57. The Hall–Kier alpha value is -0.310. The van der Waals surface area contributed by atoms with E-state index in [2.05, 4.69) is 38.3 Å². The zero-order valence-corrected chi connectivity index (χ0v) is 11.9. The monoisotopic (exact) mass is 242 g/mol. The summed E-state index contributed by atoms with van der Waals surface area (Å²) in [5.41, 5.74) is 0. The average molecular weight is 242 g/mol. The second kappa shape index (κ2) is 6.43. The lowest BCUT2D eigenvalue weighted by Crippen LogP contribution is -2.49. The van der Waals surface area contributed by atoms with E-state index in [0.717, 1.165) is 16.9 Å². The van der Waals surface area contributed by atoms with Crippen LogP contribution in [0.3, 0.4) is 0 Å². The molecule has 0 radical (unpaired) electrons. The maximum atomic E-state index is 5.33. The molecule has 0 heterocycles. The molecule has 0 aromatic heterocycles. The van der Waals surface area contributed by atoms with Crippen molar-refractivity contribution in [2.45, 2.75) is 65.5 Å². The van der Waals surface area contributed by atoms with E-state index in [1.165, 1.54) is 25.7 Å². The van der Waals surface area contributed by atoms with Crippen molar-refractivity contribution >= 4 is 17.3 Å². The maximum absolute atomic E-state index is 5.33. The Balaban J connectivity index is 2.46. The van der Waals surface area contributed by atoms with Crippen molar-refractivity contribution in [3.05, 3.63) is 0 Å². The van der Waals surface area contributed by atoms with Crippen molar-refractivity contribution < 1.29 is 0 Å². The molecule has 16 heavy (non-hydrogen) atoms. The van der Waals surface area contributed by atoms with E-state index in [9.17, 15) is 0 Å². The van der Waals surface area contributed by atoms with Crippen LogP contribution >= 0.6 is 12.2 Å². The van der Waals surface area contributed by atoms with Crippen LogP contribution in [0.2, 0.25) is 0 Å². The number of hydrogen-bond acceptors (Lipinski definition) is 1. The van der Waals surface area contributed by atoms with Gasteiger partial charge in [-0.15, -0.1) is 0 Å². The quantitative estimate of drug-likeness (QED) is 0.744. The molecule has 1 rings (SSSR count). The Morgan fingerprint density at radius 2 is 1.75 bits per heavy atom. The number of nitrogens with one attached hydrogen (secondary N) is 2. The van der Waals surface area contributed by atoms with Gasteiger partial charge in [0.2, 0.25) is 0 Å². The standard InChI is InChI=1S/C13H26N2S/c1-9(2)11-7-5-6-8-12(11)15-13(16)14-10(3)4/h9-12H,5-8H2,1-4H3,(H2,14,15,16). The Kier molecular flexibility index (Phi) is 5.53. The molecule has 2 nitrogen and oxygen atoms in total. The highest BCUT2D eigenvalue weighted by molar-refractivity contribution is 7.80. The molecule has 94 valence electrons. The normalized spacial score (nSPS) is 25.9. The van der Waals surface area contributed by atoms with Gasteiger partial charge in [-0.1, -0.05) is 26.7 Å². The van der Waals surface area contributed by atoms with E-state index in [4.69, 9.17) is 12.2 Å². The highest BCUT2D eigenvalue weighted by Gasteiger charge is 2.27. The summed E-state index contributed by atoms with van der Waals surface area (Å²) in [7, 11) is 0. The van der Waals surface area contributed by atoms with Crippen LogP contribution in [0.5, 0.6) is 0 Å². The summed E-state index contributed by atoms with van der Waals surface area (Å²) >= 11 is 5.33. The summed E-state index contributed by atoms with van der Waals surface area (Å²) in [4.78, 5) is 0. The number of hydrogen-bond donors (Lipinski definition) is 2. The van der Waals surface area contributed by atoms with Crippen LogP contribution < -0.4 is 10.6 Å². The van der Waals surface area contributed by atoms with Gasteiger partial charge in [0.25, 0.3) is 0 Å². The molecule has 2 N–H and O–H groups in total. The SMILES string of the molecule is CC(C)NC(=S)NC1CCCCC1C(C)C. The zero-order chi connectivity index (χ0) is 12.1. The zero-order valence-electron chi connectivity index (χ0n) is 11.0. The van der Waals surface area contributed by atoms with E-state index < -0.39 is 0 Å². The molecule has 1 fully saturated rings. The molecular weight excluding hydrogens is 216 g/mol. The van der Waals surface area contributed by atoms with Crippen LogP contribution in [0, 0.1) is 11.8 Å². The van der Waals surface area contributed by atoms with Crippen LogP contribution in [0.1, 0.15) is 53.4 Å². The van der Waals surface area contributed by atoms with Gasteiger partial charge in [-0.2, -0.15) is 0 Å². The fourth-order valence-corrected chi connectivity index (χ4v) is 3.00. The van der Waals surface area contributed by atoms with Crippen molar-refractivity contribution in [2.24, 2.45) is 11.8 Å². The van der Waals surface area contributed by atoms with Gasteiger partial charge in [0.1, 0.15) is 0 Å². The largest absolute Gasteiger partial charge is 0.361 e. The summed E-state index contributed by atoms with van der Waals surface area (Å²) in [5.74, 6) is 1.53. The van der Waals surface area contributed by atoms with Gasteiger partial charge in [0.05, 0.1) is 0 Å². The fraction of sp³-hybridized carbons (Fsp3) is 0.923. The summed E-state index contributed by atoms with van der Waals surface area (Å²) in [6, 6.07) is 0.994. The summed E-state index contributed by atoms with van der Waals surface area (Å²) in [6.45, 7) is 8.89. The van der Waals surface area contributed by atoms with E-state index in [-0.39, 0.29) is 0 Å². The predicted octanol–water partition coefficient (Wildman–Crippen LogP) is 3.07. The van der Waals surface area contributed by atoms with Crippen molar-refractivity contribution in [1.82, 2.24) is 10.6 Å². The first-order valence-electron chi connectivity index (χ1n) is 6.57. The molecule has 0 bridgehead atoms. The molecule has 0 aromatic rings. The first-order chi connectivity index (χ1) is 7.50. The Morgan fingerprint density at radius 1 is 1.12 bits per heavy atom. The molecule has 0 spiro atoms. The van der Waals surface area contributed by atoms with Gasteiger partial charge in [-0.25, -0.2) is 0 Å². The van der Waals surface area contributed by atoms with E-state index in [1.807, 2.05) is 0 Å². The summed E-state index contributed by atoms with van der Waals surface area (Å²) in [5, 5.41) is 7.60. The lowest BCUT2D eigenvalue weighted by molar-refractivity contribution is 0.223. The Morgan fingerprint density at radius 3 is 2.31 bits per heavy atom. The van der Waals surface area contributed by atoms with Crippen molar-refractivity contribution in [3.63, 3.8) is 0 Å². The van der Waals surface area contributed by atoms with E-state index in [0.29, 0.717) is 12.1 Å². The topological polar surface area (TPSA) is 24.1 Å². The van der Waals surface area contributed by atoms with Crippen LogP contribution in [0.4, 0.5) is 0 Å². The first kappa shape index (κ1) is 13.8. The predicted molar refractivity (Wildman–Crippen MR) is 74.6 cm³/mol. The Labute approximate surface area is 106 Å². The first-order valence-corrected chi connectivity index (χ1v) is 6.98. The van der Waals surface area contributed by atoms with Crippen LogP contribution in [-0.2, 0) is 0 Å². The highest BCUT2D eigenvalue weighted by atomic mass is 32.1. The molecule has 2 atom stereocenters. The lowest BCUT2D eigenvalue weighted by atomic mass is 9.78. The molecule has 2 unspecified atom stereocenters. The number of thiocarbonyl (C=S) groups is 1. The minimum atomic E-state index is 0.418.